The van der Waals surface area contributed by atoms with Gasteiger partial charge in [-0.1, -0.05) is 18.2 Å². The van der Waals surface area contributed by atoms with Crippen LogP contribution in [0.25, 0.3) is 11.1 Å². The van der Waals surface area contributed by atoms with Crippen LogP contribution in [0.3, 0.4) is 0 Å². The summed E-state index contributed by atoms with van der Waals surface area (Å²) in [4.78, 5) is 19.5. The number of piperidine rings is 1. The van der Waals surface area contributed by atoms with E-state index < -0.39 is 0 Å². The molecule has 4 nitrogen and oxygen atoms in total. The molecule has 0 saturated carbocycles. The summed E-state index contributed by atoms with van der Waals surface area (Å²) >= 11 is 0. The van der Waals surface area contributed by atoms with Crippen LogP contribution in [-0.4, -0.2) is 28.9 Å². The van der Waals surface area contributed by atoms with E-state index in [-0.39, 0.29) is 5.91 Å². The van der Waals surface area contributed by atoms with Crippen LogP contribution < -0.4 is 0 Å². The van der Waals surface area contributed by atoms with Gasteiger partial charge in [-0.3, -0.25) is 4.79 Å². The molecule has 1 amide bonds. The number of nitrogens with zero attached hydrogens (tertiary/aromatic N) is 2. The standard InChI is InChI=1S/C22H22N2O2/c25-22(18-9-8-15-4-3-5-17(15)14-18)24-12-10-16(11-13-24)21-23-19-6-1-2-7-20(19)26-21/h1-2,6-9,14,16H,3-5,10-13H2. The Morgan fingerprint density at radius 2 is 1.85 bits per heavy atom. The van der Waals surface area contributed by atoms with Crippen molar-refractivity contribution in [1.82, 2.24) is 9.88 Å². The number of carbonyl (C=O) groups is 1. The fourth-order valence-electron chi connectivity index (χ4n) is 4.28. The topological polar surface area (TPSA) is 46.3 Å². The summed E-state index contributed by atoms with van der Waals surface area (Å²) < 4.78 is 5.92. The Kier molecular flexibility index (Phi) is 3.77. The van der Waals surface area contributed by atoms with Gasteiger partial charge in [0.1, 0.15) is 5.52 Å². The SMILES string of the molecule is O=C(c1ccc2c(c1)CCC2)N1CCC(c2nc3ccccc3o2)CC1. The van der Waals surface area contributed by atoms with E-state index in [1.807, 2.05) is 35.2 Å². The average molecular weight is 346 g/mol. The van der Waals surface area contributed by atoms with E-state index in [2.05, 4.69) is 17.1 Å². The van der Waals surface area contributed by atoms with Crippen LogP contribution in [0, 0.1) is 0 Å². The van der Waals surface area contributed by atoms with Crippen molar-refractivity contribution in [2.24, 2.45) is 0 Å². The number of oxazole rings is 1. The Hall–Kier alpha value is -2.62. The molecule has 1 saturated heterocycles. The minimum Gasteiger partial charge on any atom is -0.440 e. The molecule has 132 valence electrons. The van der Waals surface area contributed by atoms with Crippen molar-refractivity contribution in [3.63, 3.8) is 0 Å². The van der Waals surface area contributed by atoms with Crippen LogP contribution in [0.5, 0.6) is 0 Å². The fourth-order valence-corrected chi connectivity index (χ4v) is 4.28. The molecule has 4 heteroatoms. The Morgan fingerprint density at radius 1 is 1.04 bits per heavy atom. The summed E-state index contributed by atoms with van der Waals surface area (Å²) in [6.45, 7) is 1.53. The van der Waals surface area contributed by atoms with E-state index in [0.29, 0.717) is 5.92 Å². The monoisotopic (exact) mass is 346 g/mol. The van der Waals surface area contributed by atoms with Crippen LogP contribution in [-0.2, 0) is 12.8 Å². The summed E-state index contributed by atoms with van der Waals surface area (Å²) in [7, 11) is 0. The lowest BCUT2D eigenvalue weighted by Crippen LogP contribution is -2.38. The van der Waals surface area contributed by atoms with Gasteiger partial charge in [0.05, 0.1) is 0 Å². The molecule has 1 aromatic heterocycles. The van der Waals surface area contributed by atoms with E-state index in [0.717, 1.165) is 61.3 Å². The summed E-state index contributed by atoms with van der Waals surface area (Å²) in [5, 5.41) is 0. The van der Waals surface area contributed by atoms with Gasteiger partial charge >= 0.3 is 0 Å². The summed E-state index contributed by atoms with van der Waals surface area (Å²) in [5.74, 6) is 1.28. The zero-order valence-electron chi connectivity index (χ0n) is 14.8. The highest BCUT2D eigenvalue weighted by Gasteiger charge is 2.28. The number of fused-ring (bicyclic) bond motifs is 2. The molecule has 2 aliphatic rings. The summed E-state index contributed by atoms with van der Waals surface area (Å²) in [5.41, 5.74) is 5.37. The molecule has 2 heterocycles. The maximum atomic E-state index is 12.9. The molecule has 0 bridgehead atoms. The second-order valence-corrected chi connectivity index (χ2v) is 7.42. The lowest BCUT2D eigenvalue weighted by Gasteiger charge is -2.30. The first kappa shape index (κ1) is 15.6. The van der Waals surface area contributed by atoms with E-state index >= 15 is 0 Å². The number of likely N-dealkylation sites (tertiary alicyclic amines) is 1. The molecular weight excluding hydrogens is 324 g/mol. The van der Waals surface area contributed by atoms with Crippen LogP contribution in [0.15, 0.2) is 46.9 Å². The molecule has 0 atom stereocenters. The number of hydrogen-bond acceptors (Lipinski definition) is 3. The molecule has 5 rings (SSSR count). The maximum absolute atomic E-state index is 12.9. The highest BCUT2D eigenvalue weighted by atomic mass is 16.3. The minimum absolute atomic E-state index is 0.163. The second-order valence-electron chi connectivity index (χ2n) is 7.42. The molecule has 26 heavy (non-hydrogen) atoms. The van der Waals surface area contributed by atoms with Crippen LogP contribution in [0.1, 0.15) is 52.6 Å². The number of aryl methyl sites for hydroxylation is 2. The van der Waals surface area contributed by atoms with Gasteiger partial charge in [0.15, 0.2) is 11.5 Å². The van der Waals surface area contributed by atoms with Gasteiger partial charge in [0.25, 0.3) is 5.91 Å². The highest BCUT2D eigenvalue weighted by Crippen LogP contribution is 2.31. The fraction of sp³-hybridized carbons (Fsp3) is 0.364. The van der Waals surface area contributed by atoms with E-state index in [1.165, 1.54) is 17.5 Å². The first-order valence-corrected chi connectivity index (χ1v) is 9.54. The Bertz CT molecular complexity index is 934. The Morgan fingerprint density at radius 3 is 2.69 bits per heavy atom. The predicted octanol–water partition coefficient (Wildman–Crippen LogP) is 4.34. The van der Waals surface area contributed by atoms with Crippen LogP contribution in [0.2, 0.25) is 0 Å². The number of aromatic nitrogens is 1. The molecule has 0 unspecified atom stereocenters. The normalized spacial score (nSPS) is 17.6. The number of carbonyl (C=O) groups excluding carboxylic acids is 1. The largest absolute Gasteiger partial charge is 0.440 e. The number of para-hydroxylation sites is 2. The zero-order valence-corrected chi connectivity index (χ0v) is 14.8. The predicted molar refractivity (Wildman–Crippen MR) is 100 cm³/mol. The molecular formula is C22H22N2O2. The third-order valence-corrected chi connectivity index (χ3v) is 5.79. The molecule has 3 aromatic rings. The third-order valence-electron chi connectivity index (χ3n) is 5.79. The first-order valence-electron chi connectivity index (χ1n) is 9.54. The number of rotatable bonds is 2. The van der Waals surface area contributed by atoms with Gasteiger partial charge in [0, 0.05) is 24.6 Å². The number of hydrogen-bond donors (Lipinski definition) is 0. The van der Waals surface area contributed by atoms with E-state index in [4.69, 9.17) is 4.42 Å². The molecule has 1 aliphatic heterocycles. The van der Waals surface area contributed by atoms with E-state index in [1.54, 1.807) is 0 Å². The van der Waals surface area contributed by atoms with Crippen molar-refractivity contribution in [3.05, 3.63) is 65.0 Å². The zero-order chi connectivity index (χ0) is 17.5. The van der Waals surface area contributed by atoms with Crippen molar-refractivity contribution in [2.75, 3.05) is 13.1 Å². The minimum atomic E-state index is 0.163. The van der Waals surface area contributed by atoms with E-state index in [9.17, 15) is 4.79 Å². The average Bonchev–Trinajstić information content (AvgIpc) is 3.33. The molecule has 0 spiro atoms. The Labute approximate surface area is 152 Å². The van der Waals surface area contributed by atoms with Gasteiger partial charge in [-0.15, -0.1) is 0 Å². The maximum Gasteiger partial charge on any atom is 0.253 e. The van der Waals surface area contributed by atoms with Crippen molar-refractivity contribution in [1.29, 1.82) is 0 Å². The number of amides is 1. The Balaban J connectivity index is 1.28. The lowest BCUT2D eigenvalue weighted by molar-refractivity contribution is 0.0706. The van der Waals surface area contributed by atoms with Gasteiger partial charge in [-0.2, -0.15) is 0 Å². The highest BCUT2D eigenvalue weighted by molar-refractivity contribution is 5.94. The molecule has 0 radical (unpaired) electrons. The quantitative estimate of drug-likeness (QED) is 0.693. The third kappa shape index (κ3) is 2.70. The van der Waals surface area contributed by atoms with Crippen molar-refractivity contribution in [2.45, 2.75) is 38.0 Å². The van der Waals surface area contributed by atoms with Gasteiger partial charge < -0.3 is 9.32 Å². The van der Waals surface area contributed by atoms with Gasteiger partial charge in [-0.05, 0) is 67.5 Å². The lowest BCUT2D eigenvalue weighted by atomic mass is 9.96. The van der Waals surface area contributed by atoms with Crippen LogP contribution in [0.4, 0.5) is 0 Å². The second kappa shape index (κ2) is 6.27. The molecule has 0 N–H and O–H groups in total. The number of benzene rings is 2. The van der Waals surface area contributed by atoms with Gasteiger partial charge in [0.2, 0.25) is 0 Å². The molecule has 2 aromatic carbocycles. The van der Waals surface area contributed by atoms with Crippen molar-refractivity contribution < 1.29 is 9.21 Å². The van der Waals surface area contributed by atoms with Crippen molar-refractivity contribution >= 4 is 17.0 Å². The van der Waals surface area contributed by atoms with Crippen LogP contribution >= 0.6 is 0 Å². The molecule has 1 aliphatic carbocycles. The van der Waals surface area contributed by atoms with Gasteiger partial charge in [-0.25, -0.2) is 4.98 Å². The van der Waals surface area contributed by atoms with Crippen molar-refractivity contribution in [3.8, 4) is 0 Å². The first-order chi connectivity index (χ1) is 12.8. The summed E-state index contributed by atoms with van der Waals surface area (Å²) in [6, 6.07) is 14.1. The smallest absolute Gasteiger partial charge is 0.253 e. The summed E-state index contributed by atoms with van der Waals surface area (Å²) in [6.07, 6.45) is 5.28. The molecule has 1 fully saturated rings.